The lowest BCUT2D eigenvalue weighted by Crippen LogP contribution is -2.29. The Morgan fingerprint density at radius 3 is 2.57 bits per heavy atom. The van der Waals surface area contributed by atoms with Gasteiger partial charge in [-0.3, -0.25) is 10.2 Å². The lowest BCUT2D eigenvalue weighted by atomic mass is 10.2. The van der Waals surface area contributed by atoms with Crippen LogP contribution in [0.25, 0.3) is 0 Å². The highest BCUT2D eigenvalue weighted by Gasteiger charge is 2.03. The summed E-state index contributed by atoms with van der Waals surface area (Å²) in [4.78, 5) is 19.7. The minimum Gasteiger partial charge on any atom is -0.493 e. The first-order valence-corrected chi connectivity index (χ1v) is 7.33. The smallest absolute Gasteiger partial charge is 0.265 e. The molecule has 0 radical (unpaired) electrons. The Morgan fingerprint density at radius 2 is 1.95 bits per heavy atom. The number of carbonyl (C=O) groups excluding carboxylic acids is 1. The maximum Gasteiger partial charge on any atom is 0.265 e. The Bertz CT molecular complexity index is 587. The molecule has 0 aliphatic rings. The summed E-state index contributed by atoms with van der Waals surface area (Å²) in [6.07, 6.45) is 3.58. The van der Waals surface area contributed by atoms with E-state index >= 15 is 0 Å². The summed E-state index contributed by atoms with van der Waals surface area (Å²) >= 11 is 1.53. The summed E-state index contributed by atoms with van der Waals surface area (Å²) in [5.74, 6) is 6.18. The quantitative estimate of drug-likeness (QED) is 0.210. The van der Waals surface area contributed by atoms with Crippen molar-refractivity contribution in [3.63, 3.8) is 0 Å². The van der Waals surface area contributed by atoms with E-state index in [1.54, 1.807) is 36.7 Å². The number of nitrogens with one attached hydrogen (secondary N) is 1. The van der Waals surface area contributed by atoms with Crippen LogP contribution in [0.3, 0.4) is 0 Å². The zero-order valence-corrected chi connectivity index (χ0v) is 12.4. The molecule has 0 aliphatic heterocycles. The number of rotatable bonds is 6. The van der Waals surface area contributed by atoms with Gasteiger partial charge in [-0.25, -0.2) is 15.8 Å². The van der Waals surface area contributed by atoms with E-state index in [1.807, 2.05) is 6.92 Å². The van der Waals surface area contributed by atoms with Gasteiger partial charge >= 0.3 is 0 Å². The van der Waals surface area contributed by atoms with Crippen molar-refractivity contribution in [2.24, 2.45) is 5.84 Å². The van der Waals surface area contributed by atoms with Crippen LogP contribution in [0.2, 0.25) is 0 Å². The molecule has 2 rings (SSSR count). The zero-order valence-electron chi connectivity index (χ0n) is 11.6. The van der Waals surface area contributed by atoms with Crippen molar-refractivity contribution in [1.29, 1.82) is 0 Å². The van der Waals surface area contributed by atoms with Gasteiger partial charge < -0.3 is 4.74 Å². The second kappa shape index (κ2) is 7.61. The number of aryl methyl sites for hydroxylation is 1. The molecule has 0 spiro atoms. The van der Waals surface area contributed by atoms with E-state index in [-0.39, 0.29) is 5.91 Å². The molecular formula is C14H16N4O2S. The molecule has 0 saturated carbocycles. The first kappa shape index (κ1) is 15.3. The number of ether oxygens (including phenoxy) is 1. The van der Waals surface area contributed by atoms with Gasteiger partial charge in [-0.2, -0.15) is 0 Å². The number of hydrogen-bond donors (Lipinski definition) is 2. The van der Waals surface area contributed by atoms with Crippen molar-refractivity contribution >= 4 is 17.7 Å². The van der Waals surface area contributed by atoms with Crippen LogP contribution in [0.4, 0.5) is 0 Å². The third-order valence-electron chi connectivity index (χ3n) is 2.59. The van der Waals surface area contributed by atoms with Crippen LogP contribution in [0.5, 0.6) is 5.75 Å². The number of nitrogens with zero attached hydrogens (tertiary/aromatic N) is 2. The van der Waals surface area contributed by atoms with E-state index in [9.17, 15) is 4.79 Å². The van der Waals surface area contributed by atoms with Crippen molar-refractivity contribution in [3.05, 3.63) is 47.8 Å². The van der Waals surface area contributed by atoms with Crippen LogP contribution >= 0.6 is 11.8 Å². The largest absolute Gasteiger partial charge is 0.493 e. The maximum absolute atomic E-state index is 11.3. The number of hydrogen-bond acceptors (Lipinski definition) is 6. The molecule has 7 heteroatoms. The van der Waals surface area contributed by atoms with Gasteiger partial charge in [0.15, 0.2) is 5.16 Å². The predicted octanol–water partition coefficient (Wildman–Crippen LogP) is 1.56. The minimum absolute atomic E-state index is 0.325. The molecule has 0 fully saturated rings. The molecule has 3 N–H and O–H groups in total. The van der Waals surface area contributed by atoms with Crippen LogP contribution in [0.15, 0.2) is 41.8 Å². The van der Waals surface area contributed by atoms with Crippen LogP contribution in [-0.2, 0) is 0 Å². The fourth-order valence-electron chi connectivity index (χ4n) is 1.53. The highest BCUT2D eigenvalue weighted by atomic mass is 32.2. The van der Waals surface area contributed by atoms with Crippen molar-refractivity contribution < 1.29 is 9.53 Å². The van der Waals surface area contributed by atoms with Crippen molar-refractivity contribution in [2.75, 3.05) is 12.4 Å². The Hall–Kier alpha value is -2.12. The molecule has 0 saturated heterocycles. The van der Waals surface area contributed by atoms with Crippen molar-refractivity contribution in [3.8, 4) is 5.75 Å². The number of carbonyl (C=O) groups is 1. The molecule has 0 unspecified atom stereocenters. The Morgan fingerprint density at radius 1 is 1.29 bits per heavy atom. The number of hydrazine groups is 1. The summed E-state index contributed by atoms with van der Waals surface area (Å²) in [6.45, 7) is 2.48. The Kier molecular flexibility index (Phi) is 5.53. The summed E-state index contributed by atoms with van der Waals surface area (Å²) in [5, 5.41) is 0.735. The molecule has 6 nitrogen and oxygen atoms in total. The normalized spacial score (nSPS) is 10.2. The van der Waals surface area contributed by atoms with Crippen LogP contribution < -0.4 is 16.0 Å². The van der Waals surface area contributed by atoms with E-state index in [0.717, 1.165) is 16.5 Å². The van der Waals surface area contributed by atoms with Gasteiger partial charge in [0.1, 0.15) is 5.75 Å². The number of aromatic nitrogens is 2. The lowest BCUT2D eigenvalue weighted by molar-refractivity contribution is 0.0953. The average Bonchev–Trinajstić information content (AvgIpc) is 2.53. The standard InChI is InChI=1S/C14H16N4O2S/c1-10-8-16-14(17-9-10)21-7-6-20-12-4-2-11(3-5-12)13(19)18-15/h2-5,8-9H,6-7,15H2,1H3,(H,18,19). The molecule has 21 heavy (non-hydrogen) atoms. The Labute approximate surface area is 127 Å². The molecular weight excluding hydrogens is 288 g/mol. The first-order chi connectivity index (χ1) is 10.2. The highest BCUT2D eigenvalue weighted by molar-refractivity contribution is 7.99. The minimum atomic E-state index is -0.325. The van der Waals surface area contributed by atoms with Gasteiger partial charge in [0.25, 0.3) is 5.91 Å². The van der Waals surface area contributed by atoms with Gasteiger partial charge in [-0.15, -0.1) is 0 Å². The molecule has 1 aromatic carbocycles. The summed E-state index contributed by atoms with van der Waals surface area (Å²) in [6, 6.07) is 6.79. The molecule has 0 bridgehead atoms. The maximum atomic E-state index is 11.3. The van der Waals surface area contributed by atoms with Gasteiger partial charge in [-0.1, -0.05) is 11.8 Å². The fourth-order valence-corrected chi connectivity index (χ4v) is 2.14. The number of nitrogens with two attached hydrogens (primary N) is 1. The van der Waals surface area contributed by atoms with Crippen LogP contribution in [0.1, 0.15) is 15.9 Å². The summed E-state index contributed by atoms with van der Waals surface area (Å²) in [5.41, 5.74) is 3.61. The molecule has 110 valence electrons. The number of thioether (sulfide) groups is 1. The molecule has 2 aromatic rings. The predicted molar refractivity (Wildman–Crippen MR) is 81.1 cm³/mol. The first-order valence-electron chi connectivity index (χ1n) is 6.34. The zero-order chi connectivity index (χ0) is 15.1. The number of amides is 1. The van der Waals surface area contributed by atoms with E-state index in [2.05, 4.69) is 15.4 Å². The Balaban J connectivity index is 1.75. The average molecular weight is 304 g/mol. The highest BCUT2D eigenvalue weighted by Crippen LogP contribution is 2.15. The third-order valence-corrected chi connectivity index (χ3v) is 3.43. The number of benzene rings is 1. The second-order valence-corrected chi connectivity index (χ2v) is 5.30. The van der Waals surface area contributed by atoms with Gasteiger partial charge in [0.2, 0.25) is 0 Å². The molecule has 0 aliphatic carbocycles. The van der Waals surface area contributed by atoms with Gasteiger partial charge in [-0.05, 0) is 36.8 Å². The summed E-state index contributed by atoms with van der Waals surface area (Å²) < 4.78 is 5.58. The van der Waals surface area contributed by atoms with E-state index in [4.69, 9.17) is 10.6 Å². The molecule has 1 aromatic heterocycles. The molecule has 0 atom stereocenters. The van der Waals surface area contributed by atoms with Gasteiger partial charge in [0, 0.05) is 23.7 Å². The van der Waals surface area contributed by atoms with E-state index in [0.29, 0.717) is 17.9 Å². The monoisotopic (exact) mass is 304 g/mol. The second-order valence-electron chi connectivity index (χ2n) is 4.24. The topological polar surface area (TPSA) is 90.1 Å². The van der Waals surface area contributed by atoms with Crippen molar-refractivity contribution in [1.82, 2.24) is 15.4 Å². The number of nitrogen functional groups attached to an aromatic ring is 1. The van der Waals surface area contributed by atoms with E-state index in [1.165, 1.54) is 11.8 Å². The fraction of sp³-hybridized carbons (Fsp3) is 0.214. The van der Waals surface area contributed by atoms with Crippen LogP contribution in [-0.4, -0.2) is 28.2 Å². The third kappa shape index (κ3) is 4.73. The van der Waals surface area contributed by atoms with E-state index < -0.39 is 0 Å². The molecule has 1 heterocycles. The van der Waals surface area contributed by atoms with Gasteiger partial charge in [0.05, 0.1) is 6.61 Å². The lowest BCUT2D eigenvalue weighted by Gasteiger charge is -2.06. The van der Waals surface area contributed by atoms with Crippen LogP contribution in [0, 0.1) is 6.92 Å². The summed E-state index contributed by atoms with van der Waals surface area (Å²) in [7, 11) is 0. The van der Waals surface area contributed by atoms with Crippen molar-refractivity contribution in [2.45, 2.75) is 12.1 Å². The molecule has 1 amide bonds. The SMILES string of the molecule is Cc1cnc(SCCOc2ccc(C(=O)NN)cc2)nc1.